The minimum absolute atomic E-state index is 0.106. The van der Waals surface area contributed by atoms with Gasteiger partial charge in [-0.1, -0.05) is 17.3 Å². The molecule has 2 heterocycles. The first-order valence-electron chi connectivity index (χ1n) is 12.7. The van der Waals surface area contributed by atoms with Crippen molar-refractivity contribution < 1.29 is 22.7 Å². The number of anilines is 1. The van der Waals surface area contributed by atoms with Crippen LogP contribution in [0.15, 0.2) is 65.5 Å². The Morgan fingerprint density at radius 1 is 1.10 bits per heavy atom. The van der Waals surface area contributed by atoms with Crippen molar-refractivity contribution in [3.05, 3.63) is 95.5 Å². The minimum Gasteiger partial charge on any atom is -0.445 e. The van der Waals surface area contributed by atoms with Crippen LogP contribution in [0.2, 0.25) is 0 Å². The Kier molecular flexibility index (Phi) is 8.85. The largest absolute Gasteiger partial charge is 0.445 e. The van der Waals surface area contributed by atoms with Crippen LogP contribution >= 0.6 is 0 Å². The number of aromatic nitrogens is 4. The zero-order valence-corrected chi connectivity index (χ0v) is 22.2. The molecule has 0 bridgehead atoms. The number of nitrogens with zero attached hydrogens (tertiary/aromatic N) is 5. The van der Waals surface area contributed by atoms with Gasteiger partial charge in [0.15, 0.2) is 0 Å². The van der Waals surface area contributed by atoms with E-state index in [1.54, 1.807) is 27.0 Å². The van der Waals surface area contributed by atoms with Gasteiger partial charge in [-0.25, -0.2) is 18.6 Å². The van der Waals surface area contributed by atoms with Crippen molar-refractivity contribution in [2.75, 3.05) is 4.90 Å². The van der Waals surface area contributed by atoms with Gasteiger partial charge in [0.05, 0.1) is 18.4 Å². The van der Waals surface area contributed by atoms with Crippen molar-refractivity contribution in [3.8, 4) is 0 Å². The summed E-state index contributed by atoms with van der Waals surface area (Å²) >= 11 is 0. The number of carbonyl (C=O) groups is 1. The lowest BCUT2D eigenvalue weighted by Gasteiger charge is -2.27. The summed E-state index contributed by atoms with van der Waals surface area (Å²) in [6.45, 7) is 6.34. The normalized spacial score (nSPS) is 11.7. The summed E-state index contributed by atoms with van der Waals surface area (Å²) in [5, 5.41) is 7.79. The fourth-order valence-corrected chi connectivity index (χ4v) is 3.81. The number of hydrogen-bond donors (Lipinski definition) is 0. The second-order valence-electron chi connectivity index (χ2n) is 10.0. The quantitative estimate of drug-likeness (QED) is 0.211. The summed E-state index contributed by atoms with van der Waals surface area (Å²) in [6, 6.07) is 11.1. The molecular formula is C29H31F2N5O3. The smallest absolute Gasteiger partial charge is 0.415 e. The van der Waals surface area contributed by atoms with Gasteiger partial charge in [-0.2, -0.15) is 0 Å². The van der Waals surface area contributed by atoms with E-state index in [4.69, 9.17) is 9.15 Å². The van der Waals surface area contributed by atoms with Crippen molar-refractivity contribution in [2.45, 2.75) is 58.7 Å². The molecule has 4 rings (SSSR count). The van der Waals surface area contributed by atoms with Crippen LogP contribution in [0.25, 0.3) is 12.2 Å². The van der Waals surface area contributed by atoms with Crippen molar-refractivity contribution in [2.24, 2.45) is 0 Å². The Balaban J connectivity index is 1.43. The third kappa shape index (κ3) is 8.33. The number of benzene rings is 2. The van der Waals surface area contributed by atoms with E-state index in [-0.39, 0.29) is 18.0 Å². The standard InChI is InChI=1S/C29H31F2N5O3/c1-29(2,3)39-28(37)36(25-12-7-21(8-13-25)6-4-5-16-35-17-15-32-34-35)19-24-20-38-27(33-24)14-10-22-9-11-23(30)18-26(22)31/h7-15,17-18,20H,4-6,16,19H2,1-3H3. The highest BCUT2D eigenvalue weighted by Crippen LogP contribution is 2.23. The average Bonchev–Trinajstić information content (AvgIpc) is 3.56. The van der Waals surface area contributed by atoms with E-state index < -0.39 is 23.3 Å². The number of amides is 1. The zero-order chi connectivity index (χ0) is 27.8. The molecule has 0 unspecified atom stereocenters. The van der Waals surface area contributed by atoms with Crippen molar-refractivity contribution in [3.63, 3.8) is 0 Å². The van der Waals surface area contributed by atoms with E-state index in [2.05, 4.69) is 15.3 Å². The van der Waals surface area contributed by atoms with Gasteiger partial charge < -0.3 is 9.15 Å². The van der Waals surface area contributed by atoms with Crippen LogP contribution in [-0.4, -0.2) is 31.7 Å². The molecule has 204 valence electrons. The molecule has 0 radical (unpaired) electrons. The topological polar surface area (TPSA) is 86.3 Å². The number of aryl methyl sites for hydroxylation is 2. The SMILES string of the molecule is CC(C)(C)OC(=O)N(Cc1coc(C=Cc2ccc(F)cc2F)n1)c1ccc(CCCCn2ccnn2)cc1. The Hall–Kier alpha value is -4.34. The lowest BCUT2D eigenvalue weighted by molar-refractivity contribution is 0.0577. The molecule has 0 spiro atoms. The van der Waals surface area contributed by atoms with Crippen LogP contribution in [0.1, 0.15) is 56.3 Å². The van der Waals surface area contributed by atoms with Crippen molar-refractivity contribution in [1.82, 2.24) is 20.0 Å². The third-order valence-corrected chi connectivity index (χ3v) is 5.69. The van der Waals surface area contributed by atoms with E-state index >= 15 is 0 Å². The number of ether oxygens (including phenoxy) is 1. The monoisotopic (exact) mass is 535 g/mol. The number of rotatable bonds is 10. The summed E-state index contributed by atoms with van der Waals surface area (Å²) in [6.07, 6.45) is 10.2. The minimum atomic E-state index is -0.687. The van der Waals surface area contributed by atoms with Gasteiger partial charge in [-0.15, -0.1) is 5.10 Å². The molecule has 1 amide bonds. The Morgan fingerprint density at radius 3 is 2.59 bits per heavy atom. The van der Waals surface area contributed by atoms with E-state index in [9.17, 15) is 13.6 Å². The molecule has 39 heavy (non-hydrogen) atoms. The zero-order valence-electron chi connectivity index (χ0n) is 22.2. The van der Waals surface area contributed by atoms with E-state index in [1.165, 1.54) is 35.4 Å². The van der Waals surface area contributed by atoms with Crippen LogP contribution < -0.4 is 4.90 Å². The molecular weight excluding hydrogens is 504 g/mol. The average molecular weight is 536 g/mol. The molecule has 8 nitrogen and oxygen atoms in total. The fourth-order valence-electron chi connectivity index (χ4n) is 3.81. The number of hydrogen-bond acceptors (Lipinski definition) is 6. The molecule has 0 atom stereocenters. The summed E-state index contributed by atoms with van der Waals surface area (Å²) in [5.74, 6) is -1.12. The van der Waals surface area contributed by atoms with Crippen LogP contribution in [0.3, 0.4) is 0 Å². The highest BCUT2D eigenvalue weighted by atomic mass is 19.1. The summed E-state index contributed by atoms with van der Waals surface area (Å²) in [5.41, 5.74) is 1.81. The van der Waals surface area contributed by atoms with Gasteiger partial charge in [0, 0.05) is 36.1 Å². The number of oxazole rings is 1. The number of carbonyl (C=O) groups excluding carboxylic acids is 1. The van der Waals surface area contributed by atoms with Gasteiger partial charge >= 0.3 is 6.09 Å². The third-order valence-electron chi connectivity index (χ3n) is 5.69. The molecule has 0 N–H and O–H groups in total. The maximum absolute atomic E-state index is 13.9. The Labute approximate surface area is 225 Å². The molecule has 4 aromatic rings. The predicted octanol–water partition coefficient (Wildman–Crippen LogP) is 6.68. The maximum atomic E-state index is 13.9. The first-order valence-corrected chi connectivity index (χ1v) is 12.7. The highest BCUT2D eigenvalue weighted by molar-refractivity contribution is 5.87. The maximum Gasteiger partial charge on any atom is 0.415 e. The van der Waals surface area contributed by atoms with E-state index in [0.717, 1.165) is 37.4 Å². The van der Waals surface area contributed by atoms with Gasteiger partial charge in [0.25, 0.3) is 0 Å². The first kappa shape index (κ1) is 27.7. The highest BCUT2D eigenvalue weighted by Gasteiger charge is 2.24. The van der Waals surface area contributed by atoms with Gasteiger partial charge in [0.1, 0.15) is 23.5 Å². The second-order valence-corrected chi connectivity index (χ2v) is 10.0. The van der Waals surface area contributed by atoms with Gasteiger partial charge in [0.2, 0.25) is 5.89 Å². The van der Waals surface area contributed by atoms with Crippen LogP contribution in [-0.2, 0) is 24.2 Å². The molecule has 10 heteroatoms. The lowest BCUT2D eigenvalue weighted by Crippen LogP contribution is -2.36. The van der Waals surface area contributed by atoms with Crippen molar-refractivity contribution >= 4 is 23.9 Å². The predicted molar refractivity (Wildman–Crippen MR) is 144 cm³/mol. The first-order chi connectivity index (χ1) is 18.7. The van der Waals surface area contributed by atoms with Gasteiger partial charge in [-0.3, -0.25) is 9.58 Å². The summed E-state index contributed by atoms with van der Waals surface area (Å²) in [7, 11) is 0. The van der Waals surface area contributed by atoms with Crippen LogP contribution in [0.5, 0.6) is 0 Å². The Bertz CT molecular complexity index is 1390. The molecule has 0 saturated carbocycles. The summed E-state index contributed by atoms with van der Waals surface area (Å²) < 4.78 is 40.0. The molecule has 0 aliphatic rings. The molecule has 2 aromatic heterocycles. The van der Waals surface area contributed by atoms with Gasteiger partial charge in [-0.05, 0) is 75.9 Å². The second kappa shape index (κ2) is 12.5. The fraction of sp³-hybridized carbons (Fsp3) is 0.310. The van der Waals surface area contributed by atoms with Crippen LogP contribution in [0, 0.1) is 11.6 Å². The number of unbranched alkanes of at least 4 members (excludes halogenated alkanes) is 1. The Morgan fingerprint density at radius 2 is 1.90 bits per heavy atom. The molecule has 2 aromatic carbocycles. The van der Waals surface area contributed by atoms with Crippen molar-refractivity contribution in [1.29, 1.82) is 0 Å². The summed E-state index contributed by atoms with van der Waals surface area (Å²) in [4.78, 5) is 19.0. The number of halogens is 2. The molecule has 0 aliphatic carbocycles. The van der Waals surface area contributed by atoms with E-state index in [0.29, 0.717) is 11.4 Å². The molecule has 0 saturated heterocycles. The van der Waals surface area contributed by atoms with Crippen LogP contribution in [0.4, 0.5) is 19.3 Å². The molecule has 0 aliphatic heterocycles. The van der Waals surface area contributed by atoms with E-state index in [1.807, 2.05) is 35.1 Å². The lowest BCUT2D eigenvalue weighted by atomic mass is 10.1. The molecule has 0 fully saturated rings.